The molecule has 0 fully saturated rings. The molecule has 0 aliphatic heterocycles. The minimum atomic E-state index is 1.20. The lowest BCUT2D eigenvalue weighted by molar-refractivity contribution is -0.704. The Morgan fingerprint density at radius 2 is 0.838 bits per heavy atom. The molecule has 218 valence electrons. The summed E-state index contributed by atoms with van der Waals surface area (Å²) in [5.41, 5.74) is 0. The normalized spacial score (nSPS) is 11.5. The van der Waals surface area contributed by atoms with Gasteiger partial charge in [-0.1, -0.05) is 162 Å². The van der Waals surface area contributed by atoms with E-state index in [0.29, 0.717) is 0 Å². The van der Waals surface area contributed by atoms with Crippen molar-refractivity contribution in [3.05, 3.63) is 18.2 Å². The molecule has 0 atom stereocenters. The first-order chi connectivity index (χ1) is 18.3. The zero-order valence-corrected chi connectivity index (χ0v) is 26.1. The van der Waals surface area contributed by atoms with Crippen LogP contribution in [0.3, 0.4) is 0 Å². The molecular formula is C35H69N2+. The molecule has 1 aromatic heterocycles. The van der Waals surface area contributed by atoms with Gasteiger partial charge in [0.1, 0.15) is 12.4 Å². The van der Waals surface area contributed by atoms with E-state index in [2.05, 4.69) is 42.3 Å². The number of rotatable bonds is 29. The third kappa shape index (κ3) is 19.9. The summed E-state index contributed by atoms with van der Waals surface area (Å²) in [6.07, 6.45) is 43.0. The summed E-state index contributed by atoms with van der Waals surface area (Å²) in [6.45, 7) is 9.36. The van der Waals surface area contributed by atoms with Crippen LogP contribution in [0.2, 0.25) is 0 Å². The van der Waals surface area contributed by atoms with Crippen LogP contribution in [-0.2, 0) is 19.5 Å². The van der Waals surface area contributed by atoms with E-state index in [0.717, 1.165) is 0 Å². The molecule has 0 N–H and O–H groups in total. The van der Waals surface area contributed by atoms with E-state index in [-0.39, 0.29) is 0 Å². The molecule has 0 bridgehead atoms. The molecule has 2 nitrogen and oxygen atoms in total. The Hall–Kier alpha value is -0.790. The summed E-state index contributed by atoms with van der Waals surface area (Å²) >= 11 is 0. The molecule has 0 spiro atoms. The minimum Gasteiger partial charge on any atom is -0.234 e. The Bertz CT molecular complexity index is 576. The molecule has 1 heterocycles. The third-order valence-corrected chi connectivity index (χ3v) is 8.35. The number of hydrogen-bond donors (Lipinski definition) is 0. The molecule has 0 unspecified atom stereocenters. The van der Waals surface area contributed by atoms with Crippen LogP contribution in [-0.4, -0.2) is 4.57 Å². The standard InChI is InChI=1S/C35H69N2/c1-4-7-10-12-14-16-18-19-20-21-22-24-26-28-30-35-36(31-9-6-3)33-34-37(35)32-29-27-25-23-17-15-13-11-8-5-2/h33-34H,4-32H2,1-3H3/q+1. The second kappa shape index (κ2) is 26.8. The van der Waals surface area contributed by atoms with Gasteiger partial charge in [-0.15, -0.1) is 0 Å². The summed E-state index contributed by atoms with van der Waals surface area (Å²) in [5.74, 6) is 1.60. The summed E-state index contributed by atoms with van der Waals surface area (Å²) in [4.78, 5) is 0. The summed E-state index contributed by atoms with van der Waals surface area (Å²) in [5, 5.41) is 0. The SMILES string of the molecule is CCCCCCCCCCCCCCCCc1n(CCCC)cc[n+]1CCCCCCCCCCCC. The van der Waals surface area contributed by atoms with Gasteiger partial charge in [-0.05, 0) is 25.7 Å². The fourth-order valence-corrected chi connectivity index (χ4v) is 5.77. The highest BCUT2D eigenvalue weighted by Crippen LogP contribution is 2.14. The van der Waals surface area contributed by atoms with Crippen LogP contribution in [0.15, 0.2) is 12.4 Å². The lowest BCUT2D eigenvalue weighted by atomic mass is 10.0. The van der Waals surface area contributed by atoms with Gasteiger partial charge in [0.2, 0.25) is 0 Å². The summed E-state index contributed by atoms with van der Waals surface area (Å²) in [6, 6.07) is 0. The Labute approximate surface area is 234 Å². The van der Waals surface area contributed by atoms with Crippen molar-refractivity contribution < 1.29 is 4.57 Å². The topological polar surface area (TPSA) is 8.81 Å². The Morgan fingerprint density at radius 1 is 0.459 bits per heavy atom. The molecule has 0 aliphatic rings. The van der Waals surface area contributed by atoms with E-state index in [1.165, 1.54) is 186 Å². The second-order valence-electron chi connectivity index (χ2n) is 12.0. The van der Waals surface area contributed by atoms with Gasteiger partial charge in [0.05, 0.1) is 13.1 Å². The highest BCUT2D eigenvalue weighted by atomic mass is 15.1. The average Bonchev–Trinajstić information content (AvgIpc) is 3.29. The Morgan fingerprint density at radius 3 is 1.27 bits per heavy atom. The maximum Gasteiger partial charge on any atom is 0.256 e. The van der Waals surface area contributed by atoms with Crippen molar-refractivity contribution in [2.24, 2.45) is 0 Å². The molecule has 2 heteroatoms. The predicted octanol–water partition coefficient (Wildman–Crippen LogP) is 11.5. The molecule has 1 aromatic rings. The zero-order chi connectivity index (χ0) is 26.7. The first-order valence-electron chi connectivity index (χ1n) is 17.4. The molecule has 0 amide bonds. The van der Waals surface area contributed by atoms with Crippen molar-refractivity contribution in [1.29, 1.82) is 0 Å². The molecular weight excluding hydrogens is 448 g/mol. The predicted molar refractivity (Wildman–Crippen MR) is 165 cm³/mol. The average molecular weight is 518 g/mol. The minimum absolute atomic E-state index is 1.20. The van der Waals surface area contributed by atoms with Gasteiger partial charge in [0.15, 0.2) is 0 Å². The number of imidazole rings is 1. The van der Waals surface area contributed by atoms with Crippen LogP contribution in [0.5, 0.6) is 0 Å². The smallest absolute Gasteiger partial charge is 0.234 e. The van der Waals surface area contributed by atoms with Crippen molar-refractivity contribution in [3.8, 4) is 0 Å². The van der Waals surface area contributed by atoms with E-state index in [1.54, 1.807) is 5.82 Å². The van der Waals surface area contributed by atoms with Crippen molar-refractivity contribution >= 4 is 0 Å². The quantitative estimate of drug-likeness (QED) is 0.0737. The largest absolute Gasteiger partial charge is 0.256 e. The number of unbranched alkanes of at least 4 members (excludes halogenated alkanes) is 23. The van der Waals surface area contributed by atoms with Gasteiger partial charge < -0.3 is 0 Å². The van der Waals surface area contributed by atoms with E-state index in [4.69, 9.17) is 0 Å². The molecule has 0 saturated heterocycles. The highest BCUT2D eigenvalue weighted by molar-refractivity contribution is 4.84. The molecule has 0 radical (unpaired) electrons. The molecule has 0 aliphatic carbocycles. The maximum absolute atomic E-state index is 2.60. The Kier molecular flexibility index (Phi) is 24.8. The number of aryl methyl sites for hydroxylation is 2. The van der Waals surface area contributed by atoms with Crippen molar-refractivity contribution in [2.45, 2.75) is 207 Å². The lowest BCUT2D eigenvalue weighted by Crippen LogP contribution is -2.37. The van der Waals surface area contributed by atoms with Gasteiger partial charge in [-0.2, -0.15) is 0 Å². The number of aromatic nitrogens is 2. The van der Waals surface area contributed by atoms with E-state index in [1.807, 2.05) is 0 Å². The maximum atomic E-state index is 2.60. The van der Waals surface area contributed by atoms with Gasteiger partial charge in [0.25, 0.3) is 5.82 Å². The van der Waals surface area contributed by atoms with Crippen LogP contribution in [0.1, 0.15) is 194 Å². The van der Waals surface area contributed by atoms with Crippen LogP contribution in [0.4, 0.5) is 0 Å². The van der Waals surface area contributed by atoms with Crippen LogP contribution in [0, 0.1) is 0 Å². The molecule has 1 rings (SSSR count). The number of nitrogens with zero attached hydrogens (tertiary/aromatic N) is 2. The molecule has 37 heavy (non-hydrogen) atoms. The monoisotopic (exact) mass is 518 g/mol. The fourth-order valence-electron chi connectivity index (χ4n) is 5.77. The second-order valence-corrected chi connectivity index (χ2v) is 12.0. The van der Waals surface area contributed by atoms with E-state index in [9.17, 15) is 0 Å². The first kappa shape index (κ1) is 34.2. The van der Waals surface area contributed by atoms with Gasteiger partial charge in [0, 0.05) is 6.42 Å². The van der Waals surface area contributed by atoms with E-state index >= 15 is 0 Å². The fraction of sp³-hybridized carbons (Fsp3) is 0.914. The van der Waals surface area contributed by atoms with Crippen LogP contribution < -0.4 is 4.57 Å². The molecule has 0 aromatic carbocycles. The van der Waals surface area contributed by atoms with Gasteiger partial charge in [-0.25, -0.2) is 9.13 Å². The van der Waals surface area contributed by atoms with Gasteiger partial charge in [-0.3, -0.25) is 0 Å². The summed E-state index contributed by atoms with van der Waals surface area (Å²) in [7, 11) is 0. The van der Waals surface area contributed by atoms with Crippen molar-refractivity contribution in [3.63, 3.8) is 0 Å². The van der Waals surface area contributed by atoms with Crippen molar-refractivity contribution in [1.82, 2.24) is 4.57 Å². The highest BCUT2D eigenvalue weighted by Gasteiger charge is 2.16. The van der Waals surface area contributed by atoms with Crippen molar-refractivity contribution in [2.75, 3.05) is 0 Å². The number of hydrogen-bond acceptors (Lipinski definition) is 0. The third-order valence-electron chi connectivity index (χ3n) is 8.35. The van der Waals surface area contributed by atoms with Gasteiger partial charge >= 0.3 is 0 Å². The van der Waals surface area contributed by atoms with Crippen LogP contribution >= 0.6 is 0 Å². The van der Waals surface area contributed by atoms with E-state index < -0.39 is 0 Å². The zero-order valence-electron chi connectivity index (χ0n) is 26.1. The lowest BCUT2D eigenvalue weighted by Gasteiger charge is -2.07. The first-order valence-corrected chi connectivity index (χ1v) is 17.4. The Balaban J connectivity index is 2.13. The molecule has 0 saturated carbocycles. The van der Waals surface area contributed by atoms with Crippen LogP contribution in [0.25, 0.3) is 0 Å². The summed E-state index contributed by atoms with van der Waals surface area (Å²) < 4.78 is 5.17.